The van der Waals surface area contributed by atoms with Gasteiger partial charge in [0.2, 0.25) is 4.93 Å². The number of carbonyl (C=O) groups is 2. The van der Waals surface area contributed by atoms with Gasteiger partial charge in [-0.2, -0.15) is 8.42 Å². The van der Waals surface area contributed by atoms with Crippen LogP contribution in [0.15, 0.2) is 0 Å². The van der Waals surface area contributed by atoms with E-state index in [4.69, 9.17) is 4.74 Å². The van der Waals surface area contributed by atoms with Crippen LogP contribution >= 0.6 is 0 Å². The van der Waals surface area contributed by atoms with Crippen LogP contribution in [0, 0.1) is 5.92 Å². The Hall–Kier alpha value is 0.810. The predicted molar refractivity (Wildman–Crippen MR) is 95.9 cm³/mol. The van der Waals surface area contributed by atoms with Crippen molar-refractivity contribution in [1.29, 1.82) is 0 Å². The fourth-order valence-electron chi connectivity index (χ4n) is 3.17. The molecule has 0 aliphatic carbocycles. The fourth-order valence-corrected chi connectivity index (χ4v) is 4.23. The molecular formula is C18H32Na2O8S. The first-order valence-electron chi connectivity index (χ1n) is 9.68. The minimum absolute atomic E-state index is 0. The summed E-state index contributed by atoms with van der Waals surface area (Å²) in [5.74, 6) is -6.29. The summed E-state index contributed by atoms with van der Waals surface area (Å²) >= 11 is 0. The van der Waals surface area contributed by atoms with Crippen molar-refractivity contribution in [2.24, 2.45) is 5.92 Å². The molecule has 0 aliphatic rings. The second-order valence-electron chi connectivity index (χ2n) is 6.71. The monoisotopic (exact) mass is 454 g/mol. The number of ether oxygens (including phenoxy) is 1. The molecule has 0 fully saturated rings. The molecule has 11 heteroatoms. The number of carboxylic acid groups (broad SMARTS) is 2. The van der Waals surface area contributed by atoms with Gasteiger partial charge in [-0.3, -0.25) is 4.55 Å². The van der Waals surface area contributed by atoms with Gasteiger partial charge in [0.1, 0.15) is 0 Å². The Bertz CT molecular complexity index is 556. The molecule has 0 spiro atoms. The maximum absolute atomic E-state index is 11.6. The van der Waals surface area contributed by atoms with Crippen LogP contribution < -0.4 is 69.3 Å². The summed E-state index contributed by atoms with van der Waals surface area (Å²) in [5.41, 5.74) is 0. The van der Waals surface area contributed by atoms with Gasteiger partial charge in [0.15, 0.2) is 0 Å². The summed E-state index contributed by atoms with van der Waals surface area (Å²) < 4.78 is 37.3. The van der Waals surface area contributed by atoms with Gasteiger partial charge in [0, 0.05) is 12.6 Å². The van der Waals surface area contributed by atoms with Gasteiger partial charge in [-0.05, 0) is 13.3 Å². The van der Waals surface area contributed by atoms with Crippen molar-refractivity contribution >= 4 is 22.1 Å². The zero-order chi connectivity index (χ0) is 20.9. The van der Waals surface area contributed by atoms with Gasteiger partial charge >= 0.3 is 69.2 Å². The van der Waals surface area contributed by atoms with Crippen LogP contribution in [0.1, 0.15) is 84.5 Å². The smallest absolute Gasteiger partial charge is 0.550 e. The molecule has 0 bridgehead atoms. The van der Waals surface area contributed by atoms with Gasteiger partial charge in [-0.25, -0.2) is 0 Å². The molecule has 0 rings (SSSR count). The Morgan fingerprint density at radius 3 is 1.62 bits per heavy atom. The first kappa shape index (κ1) is 34.4. The van der Waals surface area contributed by atoms with Crippen LogP contribution in [0.25, 0.3) is 0 Å². The van der Waals surface area contributed by atoms with E-state index in [9.17, 15) is 32.8 Å². The molecular weight excluding hydrogens is 422 g/mol. The summed E-state index contributed by atoms with van der Waals surface area (Å²) in [6.45, 7) is 3.01. The van der Waals surface area contributed by atoms with E-state index in [2.05, 4.69) is 6.92 Å². The van der Waals surface area contributed by atoms with Crippen molar-refractivity contribution in [3.63, 3.8) is 0 Å². The number of rotatable bonds is 17. The molecule has 0 saturated carbocycles. The second-order valence-corrected chi connectivity index (χ2v) is 8.26. The predicted octanol–water partition coefficient (Wildman–Crippen LogP) is -4.96. The summed E-state index contributed by atoms with van der Waals surface area (Å²) in [4.78, 5) is 19.5. The quantitative estimate of drug-likeness (QED) is 0.131. The molecule has 29 heavy (non-hydrogen) atoms. The van der Waals surface area contributed by atoms with Gasteiger partial charge in [0.25, 0.3) is 0 Å². The molecule has 0 radical (unpaired) electrons. The zero-order valence-corrected chi connectivity index (χ0v) is 23.1. The third-order valence-corrected chi connectivity index (χ3v) is 5.95. The van der Waals surface area contributed by atoms with Gasteiger partial charge in [-0.15, -0.1) is 0 Å². The molecule has 0 aliphatic heterocycles. The van der Waals surface area contributed by atoms with Crippen molar-refractivity contribution in [2.75, 3.05) is 6.61 Å². The Morgan fingerprint density at radius 2 is 1.31 bits per heavy atom. The molecule has 0 saturated heterocycles. The van der Waals surface area contributed by atoms with Crippen LogP contribution in [-0.4, -0.2) is 36.4 Å². The molecule has 0 aromatic heterocycles. The molecule has 0 amide bonds. The van der Waals surface area contributed by atoms with Crippen LogP contribution in [-0.2, 0) is 24.4 Å². The van der Waals surface area contributed by atoms with E-state index in [0.29, 0.717) is 6.42 Å². The van der Waals surface area contributed by atoms with Gasteiger partial charge < -0.3 is 24.5 Å². The van der Waals surface area contributed by atoms with E-state index in [1.54, 1.807) is 0 Å². The van der Waals surface area contributed by atoms with Crippen LogP contribution in [0.5, 0.6) is 0 Å². The largest absolute Gasteiger partial charge is 1.00 e. The summed E-state index contributed by atoms with van der Waals surface area (Å²) in [7, 11) is -5.40. The average molecular weight is 454 g/mol. The maximum atomic E-state index is 11.6. The normalized spacial score (nSPS) is 14.2. The Kier molecular flexibility index (Phi) is 21.8. The van der Waals surface area contributed by atoms with Crippen LogP contribution in [0.2, 0.25) is 0 Å². The molecule has 1 N–H and O–H groups in total. The van der Waals surface area contributed by atoms with Crippen molar-refractivity contribution in [3.8, 4) is 0 Å². The van der Waals surface area contributed by atoms with Crippen molar-refractivity contribution in [3.05, 3.63) is 0 Å². The fraction of sp³-hybridized carbons (Fsp3) is 0.889. The van der Waals surface area contributed by atoms with E-state index in [1.165, 1.54) is 32.6 Å². The standard InChI is InChI=1S/C18H34O8S.2Na/c1-3-5-6-7-8-9-10-11-12-13-14-15(16(19)20)18(17(21)22,26-4-2)27(23,24)25;;/h15H,3-14H2,1-2H3,(H,19,20)(H,21,22)(H,23,24,25);;/q;2*+1/p-2. The number of aliphatic carboxylic acids is 2. The topological polar surface area (TPSA) is 144 Å². The molecule has 160 valence electrons. The van der Waals surface area contributed by atoms with Crippen molar-refractivity contribution in [1.82, 2.24) is 0 Å². The minimum Gasteiger partial charge on any atom is -0.550 e. The Balaban J connectivity index is -0.00000338. The third kappa shape index (κ3) is 11.8. The number of hydrogen-bond donors (Lipinski definition) is 1. The Morgan fingerprint density at radius 1 is 0.897 bits per heavy atom. The van der Waals surface area contributed by atoms with Gasteiger partial charge in [-0.1, -0.05) is 71.1 Å². The molecule has 2 unspecified atom stereocenters. The first-order valence-corrected chi connectivity index (χ1v) is 11.1. The van der Waals surface area contributed by atoms with E-state index >= 15 is 0 Å². The summed E-state index contributed by atoms with van der Waals surface area (Å²) in [6.07, 6.45) is 9.42. The van der Waals surface area contributed by atoms with E-state index in [1.807, 2.05) is 0 Å². The van der Waals surface area contributed by atoms with Gasteiger partial charge in [0.05, 0.1) is 11.9 Å². The number of carbonyl (C=O) groups excluding carboxylic acids is 2. The minimum atomic E-state index is -5.40. The van der Waals surface area contributed by atoms with Crippen molar-refractivity contribution in [2.45, 2.75) is 89.4 Å². The summed E-state index contributed by atoms with van der Waals surface area (Å²) in [5, 5.41) is 22.8. The van der Waals surface area contributed by atoms with E-state index in [-0.39, 0.29) is 72.0 Å². The molecule has 2 atom stereocenters. The molecule has 0 heterocycles. The van der Waals surface area contributed by atoms with Crippen LogP contribution in [0.4, 0.5) is 0 Å². The third-order valence-electron chi connectivity index (χ3n) is 4.62. The second kappa shape index (κ2) is 18.4. The molecule has 0 aromatic carbocycles. The SMILES string of the molecule is CCCCCCCCCCCCC(C(=O)[O-])C(OCC)(C(=O)[O-])S(=O)(=O)O.[Na+].[Na+]. The molecule has 8 nitrogen and oxygen atoms in total. The number of hydrogen-bond acceptors (Lipinski definition) is 7. The van der Waals surface area contributed by atoms with E-state index in [0.717, 1.165) is 25.7 Å². The first-order chi connectivity index (χ1) is 12.6. The maximum Gasteiger partial charge on any atom is 1.00 e. The molecule has 0 aromatic rings. The zero-order valence-electron chi connectivity index (χ0n) is 18.3. The number of unbranched alkanes of at least 4 members (excludes halogenated alkanes) is 9. The van der Waals surface area contributed by atoms with Crippen molar-refractivity contribution < 1.29 is 96.6 Å². The van der Waals surface area contributed by atoms with Crippen LogP contribution in [0.3, 0.4) is 0 Å². The van der Waals surface area contributed by atoms with E-state index < -0.39 is 39.5 Å². The Labute approximate surface area is 218 Å². The number of carboxylic acids is 2. The summed E-state index contributed by atoms with van der Waals surface area (Å²) in [6, 6.07) is 0. The average Bonchev–Trinajstić information content (AvgIpc) is 2.56.